The number of pyridine rings is 1. The summed E-state index contributed by atoms with van der Waals surface area (Å²) in [6.07, 6.45) is 6.94. The van der Waals surface area contributed by atoms with E-state index in [0.29, 0.717) is 19.0 Å². The number of aromatic nitrogens is 1. The molecule has 27 heavy (non-hydrogen) atoms. The summed E-state index contributed by atoms with van der Waals surface area (Å²) < 4.78 is 5.58. The normalized spacial score (nSPS) is 17.9. The number of hydrogen-bond acceptors (Lipinski definition) is 4. The van der Waals surface area contributed by atoms with Crippen LogP contribution in [0.1, 0.15) is 52.0 Å². The number of likely N-dealkylation sites (tertiary alicyclic amines) is 1. The second-order valence-electron chi connectivity index (χ2n) is 6.76. The van der Waals surface area contributed by atoms with Crippen molar-refractivity contribution in [3.63, 3.8) is 0 Å². The molecule has 0 amide bonds. The third kappa shape index (κ3) is 8.64. The molecule has 0 radical (unpaired) electrons. The highest BCUT2D eigenvalue weighted by molar-refractivity contribution is 14.0. The van der Waals surface area contributed by atoms with Crippen LogP contribution in [0.4, 0.5) is 0 Å². The molecule has 2 rings (SSSR count). The number of guanidine groups is 1. The van der Waals surface area contributed by atoms with Gasteiger partial charge >= 0.3 is 0 Å². The largest absolute Gasteiger partial charge is 0.478 e. The van der Waals surface area contributed by atoms with Crippen LogP contribution in [0.15, 0.2) is 23.3 Å². The predicted octanol–water partition coefficient (Wildman–Crippen LogP) is 3.42. The van der Waals surface area contributed by atoms with E-state index < -0.39 is 0 Å². The minimum atomic E-state index is 0. The number of hydrogen-bond donors (Lipinski definition) is 2. The van der Waals surface area contributed by atoms with E-state index in [-0.39, 0.29) is 24.0 Å². The molecule has 0 aromatic carbocycles. The molecule has 1 fully saturated rings. The minimum Gasteiger partial charge on any atom is -0.478 e. The lowest BCUT2D eigenvalue weighted by Crippen LogP contribution is -2.41. The maximum Gasteiger partial charge on any atom is 0.218 e. The highest BCUT2D eigenvalue weighted by atomic mass is 127. The van der Waals surface area contributed by atoms with Crippen LogP contribution in [-0.4, -0.2) is 54.7 Å². The first-order chi connectivity index (χ1) is 12.7. The van der Waals surface area contributed by atoms with Crippen molar-refractivity contribution < 1.29 is 4.74 Å². The van der Waals surface area contributed by atoms with E-state index >= 15 is 0 Å². The average molecular weight is 489 g/mol. The van der Waals surface area contributed by atoms with Crippen LogP contribution in [0.2, 0.25) is 0 Å². The molecule has 1 aromatic rings. The van der Waals surface area contributed by atoms with Gasteiger partial charge in [0, 0.05) is 37.4 Å². The molecule has 0 spiro atoms. The molecule has 6 nitrogen and oxygen atoms in total. The summed E-state index contributed by atoms with van der Waals surface area (Å²) in [6, 6.07) is 4.67. The van der Waals surface area contributed by atoms with Gasteiger partial charge < -0.3 is 20.3 Å². The van der Waals surface area contributed by atoms with Crippen LogP contribution in [-0.2, 0) is 6.54 Å². The van der Waals surface area contributed by atoms with Gasteiger partial charge in [-0.25, -0.2) is 9.98 Å². The molecule has 1 saturated heterocycles. The Morgan fingerprint density at radius 3 is 2.93 bits per heavy atom. The van der Waals surface area contributed by atoms with Crippen molar-refractivity contribution in [1.29, 1.82) is 0 Å². The lowest BCUT2D eigenvalue weighted by atomic mass is 10.0. The molecule has 2 N–H and O–H groups in total. The van der Waals surface area contributed by atoms with Gasteiger partial charge in [-0.05, 0) is 52.6 Å². The number of aliphatic imine (C=N–C) groups is 1. The molecule has 0 aliphatic carbocycles. The number of ether oxygens (including phenoxy) is 1. The second-order valence-corrected chi connectivity index (χ2v) is 6.76. The zero-order valence-electron chi connectivity index (χ0n) is 17.0. The van der Waals surface area contributed by atoms with Gasteiger partial charge in [-0.1, -0.05) is 12.5 Å². The van der Waals surface area contributed by atoms with Crippen LogP contribution in [0, 0.1) is 0 Å². The van der Waals surface area contributed by atoms with Gasteiger partial charge in [0.15, 0.2) is 5.96 Å². The van der Waals surface area contributed by atoms with E-state index in [1.54, 1.807) is 6.20 Å². The van der Waals surface area contributed by atoms with Crippen molar-refractivity contribution in [1.82, 2.24) is 20.5 Å². The Labute approximate surface area is 181 Å². The first-order valence-corrected chi connectivity index (χ1v) is 10.1. The number of halogens is 1. The van der Waals surface area contributed by atoms with E-state index in [4.69, 9.17) is 4.74 Å². The number of nitrogens with one attached hydrogen (secondary N) is 2. The summed E-state index contributed by atoms with van der Waals surface area (Å²) in [4.78, 5) is 11.6. The first-order valence-electron chi connectivity index (χ1n) is 10.1. The van der Waals surface area contributed by atoms with E-state index in [0.717, 1.165) is 43.6 Å². The zero-order valence-corrected chi connectivity index (χ0v) is 19.4. The van der Waals surface area contributed by atoms with E-state index in [1.807, 2.05) is 19.1 Å². The standard InChI is InChI=1S/C20H35N5O.HI/c1-4-21-20(23-13-9-15-25-14-7-6-10-17(25)3)24-16-18-11-8-12-22-19(18)26-5-2;/h8,11-12,17H,4-7,9-10,13-16H2,1-3H3,(H2,21,23,24);1H. The molecular weight excluding hydrogens is 453 g/mol. The quantitative estimate of drug-likeness (QED) is 0.241. The fraction of sp³-hybridized carbons (Fsp3) is 0.700. The Bertz CT molecular complexity index is 555. The summed E-state index contributed by atoms with van der Waals surface area (Å²) in [7, 11) is 0. The van der Waals surface area contributed by atoms with E-state index in [9.17, 15) is 0 Å². The summed E-state index contributed by atoms with van der Waals surface area (Å²) >= 11 is 0. The Morgan fingerprint density at radius 2 is 2.19 bits per heavy atom. The maximum atomic E-state index is 5.58. The topological polar surface area (TPSA) is 61.8 Å². The summed E-state index contributed by atoms with van der Waals surface area (Å²) in [5, 5.41) is 6.76. The molecule has 1 aliphatic rings. The molecule has 1 aliphatic heterocycles. The molecule has 0 bridgehead atoms. The number of rotatable bonds is 9. The molecule has 2 heterocycles. The Balaban J connectivity index is 0.00000364. The summed E-state index contributed by atoms with van der Waals surface area (Å²) in [6.45, 7) is 11.8. The van der Waals surface area contributed by atoms with Crippen molar-refractivity contribution in [2.45, 2.75) is 59.0 Å². The Kier molecular flexibility index (Phi) is 12.4. The van der Waals surface area contributed by atoms with Crippen LogP contribution >= 0.6 is 24.0 Å². The fourth-order valence-electron chi connectivity index (χ4n) is 3.30. The predicted molar refractivity (Wildman–Crippen MR) is 123 cm³/mol. The Morgan fingerprint density at radius 1 is 1.33 bits per heavy atom. The number of nitrogens with zero attached hydrogens (tertiary/aromatic N) is 3. The summed E-state index contributed by atoms with van der Waals surface area (Å²) in [5.74, 6) is 1.53. The van der Waals surface area contributed by atoms with Crippen molar-refractivity contribution in [3.05, 3.63) is 23.9 Å². The highest BCUT2D eigenvalue weighted by Gasteiger charge is 2.17. The smallest absolute Gasteiger partial charge is 0.218 e. The zero-order chi connectivity index (χ0) is 18.6. The van der Waals surface area contributed by atoms with Crippen LogP contribution < -0.4 is 15.4 Å². The van der Waals surface area contributed by atoms with Gasteiger partial charge in [0.25, 0.3) is 0 Å². The number of piperidine rings is 1. The molecular formula is C20H36IN5O. The molecule has 1 atom stereocenters. The monoisotopic (exact) mass is 489 g/mol. The van der Waals surface area contributed by atoms with Crippen molar-refractivity contribution in [2.24, 2.45) is 4.99 Å². The van der Waals surface area contributed by atoms with Crippen LogP contribution in [0.5, 0.6) is 5.88 Å². The first kappa shape index (κ1) is 23.9. The summed E-state index contributed by atoms with van der Waals surface area (Å²) in [5.41, 5.74) is 1.01. The molecule has 0 saturated carbocycles. The van der Waals surface area contributed by atoms with Crippen LogP contribution in [0.25, 0.3) is 0 Å². The molecule has 7 heteroatoms. The van der Waals surface area contributed by atoms with Gasteiger partial charge in [-0.3, -0.25) is 0 Å². The van der Waals surface area contributed by atoms with E-state index in [1.165, 1.54) is 25.8 Å². The third-order valence-electron chi connectivity index (χ3n) is 4.74. The lowest BCUT2D eigenvalue weighted by Gasteiger charge is -2.33. The Hall–Kier alpha value is -1.09. The SMILES string of the molecule is CCNC(=NCc1cccnc1OCC)NCCCN1CCCCC1C.I. The van der Waals surface area contributed by atoms with Gasteiger partial charge in [0.1, 0.15) is 0 Å². The van der Waals surface area contributed by atoms with Gasteiger partial charge in [-0.2, -0.15) is 0 Å². The van der Waals surface area contributed by atoms with Crippen LogP contribution in [0.3, 0.4) is 0 Å². The molecule has 1 aromatic heterocycles. The van der Waals surface area contributed by atoms with Gasteiger partial charge in [0.05, 0.1) is 13.2 Å². The van der Waals surface area contributed by atoms with Crippen molar-refractivity contribution in [3.8, 4) is 5.88 Å². The minimum absolute atomic E-state index is 0. The van der Waals surface area contributed by atoms with Gasteiger partial charge in [-0.15, -0.1) is 24.0 Å². The highest BCUT2D eigenvalue weighted by Crippen LogP contribution is 2.16. The average Bonchev–Trinajstić information content (AvgIpc) is 2.65. The molecule has 1 unspecified atom stereocenters. The lowest BCUT2D eigenvalue weighted by molar-refractivity contribution is 0.159. The third-order valence-corrected chi connectivity index (χ3v) is 4.74. The van der Waals surface area contributed by atoms with E-state index in [2.05, 4.69) is 39.4 Å². The van der Waals surface area contributed by atoms with Gasteiger partial charge in [0.2, 0.25) is 5.88 Å². The van der Waals surface area contributed by atoms with Crippen molar-refractivity contribution in [2.75, 3.05) is 32.8 Å². The second kappa shape index (κ2) is 14.0. The molecule has 154 valence electrons. The fourth-order valence-corrected chi connectivity index (χ4v) is 3.30. The van der Waals surface area contributed by atoms with Crippen molar-refractivity contribution >= 4 is 29.9 Å². The maximum absolute atomic E-state index is 5.58.